The molecule has 44 valence electrons. The molecule has 6 heteroatoms. The maximum absolute atomic E-state index is 4.00. The molecule has 0 aromatic carbocycles. The van der Waals surface area contributed by atoms with Crippen LogP contribution in [-0.4, -0.2) is 5.48 Å². The minimum atomic E-state index is 0. The summed E-state index contributed by atoms with van der Waals surface area (Å²) in [6, 6.07) is 0. The van der Waals surface area contributed by atoms with Crippen LogP contribution in [0.1, 0.15) is 0 Å². The molecule has 0 aromatic heterocycles. The lowest BCUT2D eigenvalue weighted by Crippen LogP contribution is -2.02. The zero-order valence-corrected chi connectivity index (χ0v) is 4.03. The summed E-state index contributed by atoms with van der Waals surface area (Å²) in [7, 11) is 0. The molecule has 0 bridgehead atoms. The molecule has 0 heterocycles. The number of hydrazine groups is 2. The molecule has 0 atom stereocenters. The molecule has 0 aliphatic heterocycles. The third-order valence-electron chi connectivity index (χ3n) is 0. The zero-order chi connectivity index (χ0) is 4.00. The fourth-order valence-electron chi connectivity index (χ4n) is 0. The van der Waals surface area contributed by atoms with Gasteiger partial charge in [0.2, 0.25) is 0 Å². The summed E-state index contributed by atoms with van der Waals surface area (Å²) >= 11 is 0. The highest BCUT2D eigenvalue weighted by molar-refractivity contribution is 5.85. The molecule has 0 amide bonds. The van der Waals surface area contributed by atoms with Crippen LogP contribution < -0.4 is 23.4 Å². The van der Waals surface area contributed by atoms with E-state index in [1.165, 1.54) is 0 Å². The lowest BCUT2D eigenvalue weighted by Gasteiger charge is -1.27. The Bertz CT molecular complexity index is 7.51. The molecule has 0 unspecified atom stereocenters. The van der Waals surface area contributed by atoms with Gasteiger partial charge in [-0.2, -0.15) is 0 Å². The van der Waals surface area contributed by atoms with E-state index in [1.54, 1.807) is 0 Å². The van der Waals surface area contributed by atoms with E-state index in [1.807, 2.05) is 0 Å². The van der Waals surface area contributed by atoms with Gasteiger partial charge in [0, 0.05) is 0 Å². The Morgan fingerprint density at radius 1 is 0.667 bits per heavy atom. The van der Waals surface area contributed by atoms with Crippen molar-refractivity contribution in [3.8, 4) is 0 Å². The first-order chi connectivity index (χ1) is 2.00. The van der Waals surface area contributed by atoms with Gasteiger partial charge in [-0.25, -0.2) is 0 Å². The largest absolute Gasteiger partial charge is 0.412 e. The lowest BCUT2D eigenvalue weighted by atomic mass is 13.0. The van der Waals surface area contributed by atoms with Crippen LogP contribution in [0, 0.1) is 0 Å². The molecular formula is H11ClN4O. The second kappa shape index (κ2) is 10500. The van der Waals surface area contributed by atoms with Gasteiger partial charge < -0.3 is 5.48 Å². The molecule has 10 N–H and O–H groups in total. The average Bonchev–Trinajstić information content (AvgIpc) is 1.50. The molecule has 0 aliphatic rings. The molecule has 0 fully saturated rings. The number of nitrogens with two attached hydrogens (primary N) is 4. The predicted octanol–water partition coefficient (Wildman–Crippen LogP) is -2.77. The minimum Gasteiger partial charge on any atom is -0.412 e. The van der Waals surface area contributed by atoms with Crippen LogP contribution >= 0.6 is 12.4 Å². The van der Waals surface area contributed by atoms with E-state index >= 15 is 0 Å². The van der Waals surface area contributed by atoms with E-state index in [0.29, 0.717) is 0 Å². The van der Waals surface area contributed by atoms with Crippen LogP contribution in [-0.2, 0) is 0 Å². The van der Waals surface area contributed by atoms with Gasteiger partial charge in [-0.15, -0.1) is 12.4 Å². The Kier molecular flexibility index (Phi) is 63300. The van der Waals surface area contributed by atoms with Crippen LogP contribution in [0.25, 0.3) is 0 Å². The van der Waals surface area contributed by atoms with Gasteiger partial charge >= 0.3 is 0 Å². The van der Waals surface area contributed by atoms with E-state index in [0.717, 1.165) is 0 Å². The lowest BCUT2D eigenvalue weighted by molar-refractivity contribution is 0.824. The van der Waals surface area contributed by atoms with Crippen LogP contribution in [0.15, 0.2) is 0 Å². The number of hydrogen-bond acceptors (Lipinski definition) is 4. The van der Waals surface area contributed by atoms with Crippen molar-refractivity contribution in [2.45, 2.75) is 0 Å². The molecule has 0 aliphatic carbocycles. The third-order valence-corrected chi connectivity index (χ3v) is 0. The summed E-state index contributed by atoms with van der Waals surface area (Å²) in [5.41, 5.74) is 0. The van der Waals surface area contributed by atoms with Gasteiger partial charge in [0.25, 0.3) is 0 Å². The van der Waals surface area contributed by atoms with Gasteiger partial charge in [-0.1, -0.05) is 0 Å². The Morgan fingerprint density at radius 2 is 0.667 bits per heavy atom. The van der Waals surface area contributed by atoms with Crippen molar-refractivity contribution in [1.29, 1.82) is 0 Å². The van der Waals surface area contributed by atoms with Gasteiger partial charge in [-0.05, 0) is 0 Å². The van der Waals surface area contributed by atoms with Crippen LogP contribution in [0.2, 0.25) is 0 Å². The van der Waals surface area contributed by atoms with Gasteiger partial charge in [0.1, 0.15) is 0 Å². The quantitative estimate of drug-likeness (QED) is 0.202. The van der Waals surface area contributed by atoms with Crippen LogP contribution in [0.3, 0.4) is 0 Å². The smallest absolute Gasteiger partial charge is 0.147 e. The first-order valence-electron chi connectivity index (χ1n) is 0.667. The summed E-state index contributed by atoms with van der Waals surface area (Å²) in [6.07, 6.45) is 0. The first kappa shape index (κ1) is 36.1. The number of halogens is 1. The van der Waals surface area contributed by atoms with E-state index in [9.17, 15) is 0 Å². The maximum atomic E-state index is 4.00. The van der Waals surface area contributed by atoms with Gasteiger partial charge in [-0.3, -0.25) is 23.4 Å². The van der Waals surface area contributed by atoms with E-state index in [4.69, 9.17) is 0 Å². The summed E-state index contributed by atoms with van der Waals surface area (Å²) < 4.78 is 0. The summed E-state index contributed by atoms with van der Waals surface area (Å²) in [4.78, 5) is 0. The molecule has 0 saturated heterocycles. The number of hydrogen-bond donors (Lipinski definition) is 4. The molecule has 0 rings (SSSR count). The average molecular weight is 119 g/mol. The topological polar surface area (TPSA) is 136 Å². The van der Waals surface area contributed by atoms with Gasteiger partial charge in [0.15, 0.2) is 0 Å². The van der Waals surface area contributed by atoms with E-state index in [2.05, 4.69) is 23.4 Å². The van der Waals surface area contributed by atoms with Crippen molar-refractivity contribution in [3.63, 3.8) is 0 Å². The monoisotopic (exact) mass is 118 g/mol. The first-order valence-corrected chi connectivity index (χ1v) is 0.667. The summed E-state index contributed by atoms with van der Waals surface area (Å²) in [6.45, 7) is 0. The molecule has 0 saturated carbocycles. The highest BCUT2D eigenvalue weighted by atomic mass is 35.5. The van der Waals surface area contributed by atoms with E-state index in [-0.39, 0.29) is 17.9 Å². The van der Waals surface area contributed by atoms with Crippen molar-refractivity contribution in [3.05, 3.63) is 0 Å². The summed E-state index contributed by atoms with van der Waals surface area (Å²) in [5, 5.41) is 0. The fraction of sp³-hybridized carbons (Fsp3) is 0. The van der Waals surface area contributed by atoms with Crippen molar-refractivity contribution < 1.29 is 5.48 Å². The zero-order valence-electron chi connectivity index (χ0n) is 3.22. The normalized spacial score (nSPS) is 2.00. The van der Waals surface area contributed by atoms with Gasteiger partial charge in [0.05, 0.1) is 0 Å². The predicted molar refractivity (Wildman–Crippen MR) is 27.6 cm³/mol. The Hall–Kier alpha value is 0.0900. The molecule has 6 heavy (non-hydrogen) atoms. The molecule has 0 radical (unpaired) electrons. The third kappa shape index (κ3) is 4820. The standard InChI is InChI=1S/ClH.2H4N2.H2O/c;2*1-2;/h1H;2*1-2H2;1H2. The Balaban J connectivity index is -0.00000000500. The van der Waals surface area contributed by atoms with E-state index < -0.39 is 0 Å². The molecular weight excluding hydrogens is 107 g/mol. The summed E-state index contributed by atoms with van der Waals surface area (Å²) in [5.74, 6) is 16.0. The van der Waals surface area contributed by atoms with Crippen molar-refractivity contribution in [1.82, 2.24) is 0 Å². The molecule has 0 aromatic rings. The molecule has 0 spiro atoms. The maximum Gasteiger partial charge on any atom is -0.147 e. The van der Waals surface area contributed by atoms with Crippen LogP contribution in [0.5, 0.6) is 0 Å². The molecule has 5 nitrogen and oxygen atoms in total. The minimum absolute atomic E-state index is 0. The van der Waals surface area contributed by atoms with Crippen molar-refractivity contribution in [2.24, 2.45) is 23.4 Å². The fourth-order valence-corrected chi connectivity index (χ4v) is 0. The van der Waals surface area contributed by atoms with Crippen LogP contribution in [0.4, 0.5) is 0 Å². The Labute approximate surface area is 42.3 Å². The number of rotatable bonds is 0. The van der Waals surface area contributed by atoms with Crippen molar-refractivity contribution >= 4 is 12.4 Å². The second-order valence-electron chi connectivity index (χ2n) is 0. The Morgan fingerprint density at radius 3 is 0.667 bits per heavy atom. The SMILES string of the molecule is Cl.NN.NN.O. The highest BCUT2D eigenvalue weighted by Gasteiger charge is 0.728. The second-order valence-corrected chi connectivity index (χ2v) is 0. The highest BCUT2D eigenvalue weighted by Crippen LogP contribution is 0.690. The van der Waals surface area contributed by atoms with Crippen molar-refractivity contribution in [2.75, 3.05) is 0 Å².